The summed E-state index contributed by atoms with van der Waals surface area (Å²) in [4.78, 5) is 10.6. The van der Waals surface area contributed by atoms with Crippen LogP contribution in [0.5, 0.6) is 5.75 Å². The summed E-state index contributed by atoms with van der Waals surface area (Å²) < 4.78 is 5.76. The van der Waals surface area contributed by atoms with Gasteiger partial charge in [-0.05, 0) is 43.9 Å². The summed E-state index contributed by atoms with van der Waals surface area (Å²) in [6, 6.07) is 5.21. The van der Waals surface area contributed by atoms with Gasteiger partial charge in [0.25, 0.3) is 0 Å². The standard InChI is InChI=1S/C12H13ClO2/c13-12-7-11(6-5-9(12)8-14)15-10-3-1-2-4-10/h5-8,10H,1-4H2. The molecule has 1 fully saturated rings. The van der Waals surface area contributed by atoms with Crippen molar-refractivity contribution in [2.75, 3.05) is 0 Å². The van der Waals surface area contributed by atoms with Crippen LogP contribution in [0.4, 0.5) is 0 Å². The van der Waals surface area contributed by atoms with E-state index >= 15 is 0 Å². The van der Waals surface area contributed by atoms with Crippen LogP contribution in [0.25, 0.3) is 0 Å². The highest BCUT2D eigenvalue weighted by Crippen LogP contribution is 2.27. The van der Waals surface area contributed by atoms with E-state index in [1.807, 2.05) is 0 Å². The SMILES string of the molecule is O=Cc1ccc(OC2CCCC2)cc1Cl. The first-order valence-electron chi connectivity index (χ1n) is 5.21. The second-order valence-corrected chi connectivity index (χ2v) is 4.23. The smallest absolute Gasteiger partial charge is 0.151 e. The van der Waals surface area contributed by atoms with E-state index < -0.39 is 0 Å². The largest absolute Gasteiger partial charge is 0.490 e. The molecule has 0 atom stereocenters. The topological polar surface area (TPSA) is 26.3 Å². The van der Waals surface area contributed by atoms with E-state index in [9.17, 15) is 4.79 Å². The zero-order valence-corrected chi connectivity index (χ0v) is 9.17. The molecule has 2 rings (SSSR count). The van der Waals surface area contributed by atoms with Gasteiger partial charge in [0.05, 0.1) is 11.1 Å². The first kappa shape index (κ1) is 10.5. The van der Waals surface area contributed by atoms with Gasteiger partial charge in [0.15, 0.2) is 6.29 Å². The average molecular weight is 225 g/mol. The van der Waals surface area contributed by atoms with Crippen LogP contribution in [0.3, 0.4) is 0 Å². The Bertz CT molecular complexity index is 357. The summed E-state index contributed by atoms with van der Waals surface area (Å²) in [7, 11) is 0. The molecular weight excluding hydrogens is 212 g/mol. The molecule has 80 valence electrons. The van der Waals surface area contributed by atoms with Crippen LogP contribution in [-0.2, 0) is 0 Å². The van der Waals surface area contributed by atoms with Crippen molar-refractivity contribution < 1.29 is 9.53 Å². The zero-order chi connectivity index (χ0) is 10.7. The number of ether oxygens (including phenoxy) is 1. The molecule has 0 N–H and O–H groups in total. The van der Waals surface area contributed by atoms with E-state index in [0.717, 1.165) is 24.9 Å². The molecule has 2 nitrogen and oxygen atoms in total. The van der Waals surface area contributed by atoms with Crippen LogP contribution in [0.1, 0.15) is 36.0 Å². The van der Waals surface area contributed by atoms with Gasteiger partial charge in [-0.3, -0.25) is 4.79 Å². The lowest BCUT2D eigenvalue weighted by molar-refractivity contribution is 0.112. The van der Waals surface area contributed by atoms with Gasteiger partial charge in [0.2, 0.25) is 0 Å². The molecule has 1 aromatic carbocycles. The maximum atomic E-state index is 10.6. The van der Waals surface area contributed by atoms with Crippen molar-refractivity contribution >= 4 is 17.9 Å². The Balaban J connectivity index is 2.08. The summed E-state index contributed by atoms with van der Waals surface area (Å²) in [6.07, 6.45) is 5.79. The van der Waals surface area contributed by atoms with Gasteiger partial charge < -0.3 is 4.74 Å². The van der Waals surface area contributed by atoms with Gasteiger partial charge in [-0.25, -0.2) is 0 Å². The molecule has 3 heteroatoms. The van der Waals surface area contributed by atoms with E-state index in [2.05, 4.69) is 0 Å². The molecule has 0 spiro atoms. The van der Waals surface area contributed by atoms with Gasteiger partial charge in [0.1, 0.15) is 5.75 Å². The Labute approximate surface area is 94.2 Å². The van der Waals surface area contributed by atoms with Gasteiger partial charge in [0, 0.05) is 5.56 Å². The van der Waals surface area contributed by atoms with Crippen LogP contribution < -0.4 is 4.74 Å². The Morgan fingerprint density at radius 2 is 2.07 bits per heavy atom. The molecule has 0 saturated heterocycles. The molecule has 1 aliphatic rings. The predicted octanol–water partition coefficient (Wildman–Crippen LogP) is 3.47. The van der Waals surface area contributed by atoms with Crippen molar-refractivity contribution in [3.05, 3.63) is 28.8 Å². The first-order valence-corrected chi connectivity index (χ1v) is 5.59. The molecule has 0 bridgehead atoms. The Hall–Kier alpha value is -1.02. The lowest BCUT2D eigenvalue weighted by Crippen LogP contribution is -2.10. The monoisotopic (exact) mass is 224 g/mol. The minimum atomic E-state index is 0.322. The van der Waals surface area contributed by atoms with Crippen molar-refractivity contribution in [3.8, 4) is 5.75 Å². The highest BCUT2D eigenvalue weighted by molar-refractivity contribution is 6.33. The molecule has 0 aliphatic heterocycles. The number of benzene rings is 1. The Morgan fingerprint density at radius 1 is 1.33 bits per heavy atom. The van der Waals surface area contributed by atoms with Crippen molar-refractivity contribution in [2.45, 2.75) is 31.8 Å². The van der Waals surface area contributed by atoms with Crippen LogP contribution in [0.15, 0.2) is 18.2 Å². The lowest BCUT2D eigenvalue weighted by atomic mass is 10.2. The van der Waals surface area contributed by atoms with Crippen LogP contribution in [0.2, 0.25) is 5.02 Å². The minimum Gasteiger partial charge on any atom is -0.490 e. The van der Waals surface area contributed by atoms with Crippen molar-refractivity contribution in [2.24, 2.45) is 0 Å². The molecule has 0 radical (unpaired) electrons. The molecule has 1 aliphatic carbocycles. The van der Waals surface area contributed by atoms with E-state index in [1.165, 1.54) is 12.8 Å². The zero-order valence-electron chi connectivity index (χ0n) is 8.41. The van der Waals surface area contributed by atoms with Crippen molar-refractivity contribution in [1.29, 1.82) is 0 Å². The quantitative estimate of drug-likeness (QED) is 0.735. The van der Waals surface area contributed by atoms with Crippen LogP contribution in [0, 0.1) is 0 Å². The van der Waals surface area contributed by atoms with Crippen LogP contribution in [-0.4, -0.2) is 12.4 Å². The maximum absolute atomic E-state index is 10.6. The minimum absolute atomic E-state index is 0.322. The number of carbonyl (C=O) groups excluding carboxylic acids is 1. The van der Waals surface area contributed by atoms with E-state index in [1.54, 1.807) is 18.2 Å². The van der Waals surface area contributed by atoms with E-state index in [-0.39, 0.29) is 0 Å². The summed E-state index contributed by atoms with van der Waals surface area (Å²) >= 11 is 5.90. The number of carbonyl (C=O) groups is 1. The molecule has 0 amide bonds. The van der Waals surface area contributed by atoms with Crippen molar-refractivity contribution in [1.82, 2.24) is 0 Å². The number of aldehydes is 1. The van der Waals surface area contributed by atoms with E-state index in [0.29, 0.717) is 16.7 Å². The molecule has 1 saturated carbocycles. The lowest BCUT2D eigenvalue weighted by Gasteiger charge is -2.13. The number of halogens is 1. The fourth-order valence-corrected chi connectivity index (χ4v) is 2.09. The highest BCUT2D eigenvalue weighted by atomic mass is 35.5. The fraction of sp³-hybridized carbons (Fsp3) is 0.417. The van der Waals surface area contributed by atoms with Crippen molar-refractivity contribution in [3.63, 3.8) is 0 Å². The van der Waals surface area contributed by atoms with E-state index in [4.69, 9.17) is 16.3 Å². The first-order chi connectivity index (χ1) is 7.29. The van der Waals surface area contributed by atoms with Gasteiger partial charge in [-0.2, -0.15) is 0 Å². The fourth-order valence-electron chi connectivity index (χ4n) is 1.88. The summed E-state index contributed by atoms with van der Waals surface area (Å²) in [5.41, 5.74) is 0.510. The molecule has 15 heavy (non-hydrogen) atoms. The number of rotatable bonds is 3. The average Bonchev–Trinajstić information content (AvgIpc) is 2.71. The highest BCUT2D eigenvalue weighted by Gasteiger charge is 2.16. The molecule has 1 aromatic rings. The molecular formula is C12H13ClO2. The summed E-state index contributed by atoms with van der Waals surface area (Å²) in [5, 5.41) is 0.459. The Kier molecular flexibility index (Phi) is 3.27. The third-order valence-electron chi connectivity index (χ3n) is 2.70. The van der Waals surface area contributed by atoms with Gasteiger partial charge >= 0.3 is 0 Å². The molecule has 0 aromatic heterocycles. The maximum Gasteiger partial charge on any atom is 0.151 e. The summed E-state index contributed by atoms with van der Waals surface area (Å²) in [5.74, 6) is 0.762. The summed E-state index contributed by atoms with van der Waals surface area (Å²) in [6.45, 7) is 0. The number of hydrogen-bond acceptors (Lipinski definition) is 2. The molecule has 0 unspecified atom stereocenters. The van der Waals surface area contributed by atoms with Crippen LogP contribution >= 0.6 is 11.6 Å². The molecule has 0 heterocycles. The third kappa shape index (κ3) is 2.51. The second kappa shape index (κ2) is 4.67. The van der Waals surface area contributed by atoms with Gasteiger partial charge in [-0.15, -0.1) is 0 Å². The predicted molar refractivity (Wildman–Crippen MR) is 59.7 cm³/mol. The normalized spacial score (nSPS) is 16.6. The second-order valence-electron chi connectivity index (χ2n) is 3.83. The third-order valence-corrected chi connectivity index (χ3v) is 3.03. The van der Waals surface area contributed by atoms with Gasteiger partial charge in [-0.1, -0.05) is 11.6 Å². The Morgan fingerprint density at radius 3 is 2.67 bits per heavy atom. The number of hydrogen-bond donors (Lipinski definition) is 0.